The van der Waals surface area contributed by atoms with E-state index in [4.69, 9.17) is 0 Å². The number of hydrogen-bond acceptors (Lipinski definition) is 3. The highest BCUT2D eigenvalue weighted by Crippen LogP contribution is 2.23. The van der Waals surface area contributed by atoms with E-state index in [0.29, 0.717) is 12.1 Å². The lowest BCUT2D eigenvalue weighted by Crippen LogP contribution is -2.17. The van der Waals surface area contributed by atoms with E-state index >= 15 is 0 Å². The summed E-state index contributed by atoms with van der Waals surface area (Å²) in [6.45, 7) is 3.36. The van der Waals surface area contributed by atoms with Crippen LogP contribution in [-0.2, 0) is 13.0 Å². The lowest BCUT2D eigenvalue weighted by Gasteiger charge is -2.07. The van der Waals surface area contributed by atoms with Gasteiger partial charge in [0.05, 0.1) is 4.92 Å². The minimum Gasteiger partial charge on any atom is -0.312 e. The molecule has 0 radical (unpaired) electrons. The van der Waals surface area contributed by atoms with E-state index in [1.807, 2.05) is 12.1 Å². The van der Waals surface area contributed by atoms with Crippen molar-refractivity contribution in [3.05, 3.63) is 73.7 Å². The number of rotatable bonds is 6. The van der Waals surface area contributed by atoms with E-state index in [0.717, 1.165) is 17.4 Å². The summed E-state index contributed by atoms with van der Waals surface area (Å²) in [5.74, 6) is 0. The molecule has 0 saturated heterocycles. The third-order valence-corrected chi connectivity index (χ3v) is 3.73. The van der Waals surface area contributed by atoms with Gasteiger partial charge in [-0.15, -0.1) is 0 Å². The molecule has 0 heterocycles. The molecule has 110 valence electrons. The molecule has 0 bridgehead atoms. The summed E-state index contributed by atoms with van der Waals surface area (Å²) in [5.41, 5.74) is 3.36. The summed E-state index contributed by atoms with van der Waals surface area (Å²) in [6, 6.07) is 13.5. The minimum atomic E-state index is -0.345. The van der Waals surface area contributed by atoms with Crippen LogP contribution in [0, 0.1) is 17.0 Å². The van der Waals surface area contributed by atoms with Gasteiger partial charge < -0.3 is 5.32 Å². The first-order valence-corrected chi connectivity index (χ1v) is 7.54. The molecule has 1 N–H and O–H groups in total. The molecule has 4 nitrogen and oxygen atoms in total. The van der Waals surface area contributed by atoms with E-state index in [-0.39, 0.29) is 10.6 Å². The molecule has 2 rings (SSSR count). The van der Waals surface area contributed by atoms with E-state index in [1.54, 1.807) is 6.07 Å². The summed E-state index contributed by atoms with van der Waals surface area (Å²) < 4.78 is 0.720. The largest absolute Gasteiger partial charge is 0.312 e. The fourth-order valence-corrected chi connectivity index (χ4v) is 2.53. The first-order valence-electron chi connectivity index (χ1n) is 6.75. The Morgan fingerprint density at radius 1 is 1.24 bits per heavy atom. The fourth-order valence-electron chi connectivity index (χ4n) is 2.18. The van der Waals surface area contributed by atoms with Gasteiger partial charge in [0.1, 0.15) is 0 Å². The van der Waals surface area contributed by atoms with Crippen molar-refractivity contribution in [2.75, 3.05) is 6.54 Å². The van der Waals surface area contributed by atoms with Crippen LogP contribution < -0.4 is 5.32 Å². The van der Waals surface area contributed by atoms with Gasteiger partial charge in [-0.05, 0) is 37.6 Å². The van der Waals surface area contributed by atoms with Crippen LogP contribution in [0.2, 0.25) is 0 Å². The van der Waals surface area contributed by atoms with E-state index in [1.165, 1.54) is 17.2 Å². The molecule has 0 aliphatic carbocycles. The average molecular weight is 349 g/mol. The predicted molar refractivity (Wildman–Crippen MR) is 87.4 cm³/mol. The standard InChI is InChI=1S/C16H17BrN2O2/c1-12-3-2-4-13(9-12)7-8-18-11-14-5-6-15(17)10-16(14)19(20)21/h2-6,9-10,18H,7-8,11H2,1H3. The number of nitrogens with zero attached hydrogens (tertiary/aromatic N) is 1. The van der Waals surface area contributed by atoms with E-state index in [2.05, 4.69) is 46.4 Å². The lowest BCUT2D eigenvalue weighted by atomic mass is 10.1. The smallest absolute Gasteiger partial charge is 0.275 e. The number of aryl methyl sites for hydroxylation is 1. The first kappa shape index (κ1) is 15.7. The van der Waals surface area contributed by atoms with Gasteiger partial charge in [-0.25, -0.2) is 0 Å². The topological polar surface area (TPSA) is 55.2 Å². The number of halogens is 1. The van der Waals surface area contributed by atoms with Gasteiger partial charge in [0.2, 0.25) is 0 Å². The van der Waals surface area contributed by atoms with E-state index in [9.17, 15) is 10.1 Å². The molecule has 0 atom stereocenters. The Labute approximate surface area is 132 Å². The van der Waals surface area contributed by atoms with Crippen molar-refractivity contribution in [3.63, 3.8) is 0 Å². The summed E-state index contributed by atoms with van der Waals surface area (Å²) in [4.78, 5) is 10.7. The summed E-state index contributed by atoms with van der Waals surface area (Å²) in [7, 11) is 0. The Kier molecular flexibility index (Phi) is 5.47. The van der Waals surface area contributed by atoms with Crippen LogP contribution in [0.3, 0.4) is 0 Å². The monoisotopic (exact) mass is 348 g/mol. The van der Waals surface area contributed by atoms with Gasteiger partial charge in [-0.2, -0.15) is 0 Å². The van der Waals surface area contributed by atoms with Crippen LogP contribution in [0.1, 0.15) is 16.7 Å². The summed E-state index contributed by atoms with van der Waals surface area (Å²) in [6.07, 6.45) is 0.909. The molecule has 0 unspecified atom stereocenters. The Balaban J connectivity index is 1.90. The summed E-state index contributed by atoms with van der Waals surface area (Å²) in [5, 5.41) is 14.3. The predicted octanol–water partition coefficient (Wildman–Crippen LogP) is 4.00. The third kappa shape index (κ3) is 4.65. The van der Waals surface area contributed by atoms with Gasteiger partial charge in [-0.3, -0.25) is 10.1 Å². The normalized spacial score (nSPS) is 10.6. The Bertz CT molecular complexity index is 644. The second kappa shape index (κ2) is 7.33. The molecular formula is C16H17BrN2O2. The molecule has 0 aliphatic rings. The number of nitrogens with one attached hydrogen (secondary N) is 1. The van der Waals surface area contributed by atoms with Crippen LogP contribution in [0.15, 0.2) is 46.9 Å². The van der Waals surface area contributed by atoms with Gasteiger partial charge in [0.25, 0.3) is 5.69 Å². The molecule has 0 aromatic heterocycles. The average Bonchev–Trinajstić information content (AvgIpc) is 2.44. The van der Waals surface area contributed by atoms with Crippen LogP contribution in [0.5, 0.6) is 0 Å². The van der Waals surface area contributed by atoms with Crippen LogP contribution in [0.25, 0.3) is 0 Å². The first-order chi connectivity index (χ1) is 10.1. The van der Waals surface area contributed by atoms with Gasteiger partial charge in [0.15, 0.2) is 0 Å². The molecular weight excluding hydrogens is 332 g/mol. The second-order valence-electron chi connectivity index (χ2n) is 4.95. The number of nitro benzene ring substituents is 1. The van der Waals surface area contributed by atoms with Gasteiger partial charge in [0, 0.05) is 22.6 Å². The zero-order valence-electron chi connectivity index (χ0n) is 11.8. The highest BCUT2D eigenvalue weighted by Gasteiger charge is 2.13. The van der Waals surface area contributed by atoms with E-state index < -0.39 is 0 Å². The molecule has 0 spiro atoms. The Morgan fingerprint density at radius 3 is 2.76 bits per heavy atom. The molecule has 0 aliphatic heterocycles. The Morgan fingerprint density at radius 2 is 2.05 bits per heavy atom. The van der Waals surface area contributed by atoms with Crippen LogP contribution >= 0.6 is 15.9 Å². The van der Waals surface area contributed by atoms with Gasteiger partial charge >= 0.3 is 0 Å². The lowest BCUT2D eigenvalue weighted by molar-refractivity contribution is -0.385. The molecule has 0 fully saturated rings. The Hall–Kier alpha value is -1.72. The highest BCUT2D eigenvalue weighted by atomic mass is 79.9. The molecule has 21 heavy (non-hydrogen) atoms. The van der Waals surface area contributed by atoms with Crippen molar-refractivity contribution >= 4 is 21.6 Å². The zero-order valence-corrected chi connectivity index (χ0v) is 13.4. The van der Waals surface area contributed by atoms with Crippen molar-refractivity contribution in [2.45, 2.75) is 19.9 Å². The second-order valence-corrected chi connectivity index (χ2v) is 5.86. The third-order valence-electron chi connectivity index (χ3n) is 3.23. The fraction of sp³-hybridized carbons (Fsp3) is 0.250. The van der Waals surface area contributed by atoms with Crippen LogP contribution in [0.4, 0.5) is 5.69 Å². The SMILES string of the molecule is Cc1cccc(CCNCc2ccc(Br)cc2[N+](=O)[O-])c1. The molecule has 0 amide bonds. The molecule has 0 saturated carbocycles. The molecule has 2 aromatic rings. The quantitative estimate of drug-likeness (QED) is 0.487. The minimum absolute atomic E-state index is 0.146. The summed E-state index contributed by atoms with van der Waals surface area (Å²) >= 11 is 3.26. The highest BCUT2D eigenvalue weighted by molar-refractivity contribution is 9.10. The number of benzene rings is 2. The maximum absolute atomic E-state index is 11.0. The zero-order chi connectivity index (χ0) is 15.2. The molecule has 2 aromatic carbocycles. The van der Waals surface area contributed by atoms with Crippen molar-refractivity contribution in [2.24, 2.45) is 0 Å². The van der Waals surface area contributed by atoms with Crippen LogP contribution in [-0.4, -0.2) is 11.5 Å². The number of hydrogen-bond donors (Lipinski definition) is 1. The van der Waals surface area contributed by atoms with Crippen molar-refractivity contribution < 1.29 is 4.92 Å². The molecule has 5 heteroatoms. The van der Waals surface area contributed by atoms with Crippen molar-refractivity contribution in [1.29, 1.82) is 0 Å². The van der Waals surface area contributed by atoms with Crippen molar-refractivity contribution in [3.8, 4) is 0 Å². The maximum Gasteiger partial charge on any atom is 0.275 e. The van der Waals surface area contributed by atoms with Gasteiger partial charge in [-0.1, -0.05) is 45.8 Å². The maximum atomic E-state index is 11.0. The van der Waals surface area contributed by atoms with Crippen molar-refractivity contribution in [1.82, 2.24) is 5.32 Å². The number of nitro groups is 1.